The summed E-state index contributed by atoms with van der Waals surface area (Å²) in [6.07, 6.45) is 1.72. The third-order valence-corrected chi connectivity index (χ3v) is 4.01. The van der Waals surface area contributed by atoms with E-state index in [1.54, 1.807) is 32.8 Å². The highest BCUT2D eigenvalue weighted by molar-refractivity contribution is 5.82. The van der Waals surface area contributed by atoms with Gasteiger partial charge in [0.05, 0.1) is 6.61 Å². The molecule has 9 nitrogen and oxygen atoms in total. The molecule has 0 heterocycles. The normalized spacial score (nSPS) is 12.4. The Morgan fingerprint density at radius 2 is 1.72 bits per heavy atom. The van der Waals surface area contributed by atoms with Gasteiger partial charge in [0, 0.05) is 26.7 Å². The van der Waals surface area contributed by atoms with Crippen LogP contribution in [0.25, 0.3) is 0 Å². The molecule has 0 fully saturated rings. The molecule has 0 radical (unpaired) electrons. The lowest BCUT2D eigenvalue weighted by Gasteiger charge is -2.25. The number of methoxy groups -OCH3 is 1. The van der Waals surface area contributed by atoms with E-state index in [0.717, 1.165) is 6.42 Å². The van der Waals surface area contributed by atoms with Gasteiger partial charge in [-0.2, -0.15) is 0 Å². The minimum atomic E-state index is -1.07. The first-order valence-electron chi connectivity index (χ1n) is 10.2. The summed E-state index contributed by atoms with van der Waals surface area (Å²) in [5, 5.41) is 14.7. The number of hydrogen-bond acceptors (Lipinski definition) is 5. The average molecular weight is 418 g/mol. The Morgan fingerprint density at radius 3 is 2.24 bits per heavy atom. The Balaban J connectivity index is 4.44. The average Bonchev–Trinajstić information content (AvgIpc) is 2.58. The Kier molecular flexibility index (Phi) is 13.0. The molecular weight excluding hydrogens is 378 g/mol. The number of amides is 3. The second-order valence-corrected chi connectivity index (χ2v) is 8.43. The molecule has 0 aliphatic heterocycles. The summed E-state index contributed by atoms with van der Waals surface area (Å²) < 4.78 is 10.2. The van der Waals surface area contributed by atoms with E-state index >= 15 is 0 Å². The van der Waals surface area contributed by atoms with Crippen LogP contribution in [0.15, 0.2) is 0 Å². The van der Waals surface area contributed by atoms with Crippen LogP contribution in [0, 0.1) is 5.92 Å². The summed E-state index contributed by atoms with van der Waals surface area (Å²) in [5.74, 6) is -0.644. The van der Waals surface area contributed by atoms with Crippen molar-refractivity contribution >= 4 is 18.1 Å². The van der Waals surface area contributed by atoms with Crippen molar-refractivity contribution in [1.29, 1.82) is 0 Å². The lowest BCUT2D eigenvalue weighted by atomic mass is 10.1. The first-order chi connectivity index (χ1) is 13.5. The molecule has 0 aliphatic carbocycles. The molecule has 29 heavy (non-hydrogen) atoms. The minimum absolute atomic E-state index is 0.277. The summed E-state index contributed by atoms with van der Waals surface area (Å²) in [6, 6.07) is -1.38. The fourth-order valence-corrected chi connectivity index (χ4v) is 2.41. The summed E-state index contributed by atoms with van der Waals surface area (Å²) in [4.78, 5) is 37.2. The number of carboxylic acids is 1. The van der Waals surface area contributed by atoms with E-state index in [1.807, 2.05) is 0 Å². The van der Waals surface area contributed by atoms with Gasteiger partial charge in [-0.25, -0.2) is 14.4 Å². The van der Waals surface area contributed by atoms with Crippen molar-refractivity contribution in [2.24, 2.45) is 5.92 Å². The second-order valence-electron chi connectivity index (χ2n) is 8.43. The molecule has 3 amide bonds. The Hall–Kier alpha value is -2.03. The molecule has 0 unspecified atom stereocenters. The molecule has 0 aromatic carbocycles. The second kappa shape index (κ2) is 14.0. The van der Waals surface area contributed by atoms with Gasteiger partial charge in [0.25, 0.3) is 0 Å². The summed E-state index contributed by atoms with van der Waals surface area (Å²) in [6.45, 7) is 11.2. The van der Waals surface area contributed by atoms with Gasteiger partial charge in [-0.3, -0.25) is 0 Å². The monoisotopic (exact) mass is 417 g/mol. The first-order valence-corrected chi connectivity index (χ1v) is 10.2. The maximum absolute atomic E-state index is 12.5. The number of aliphatic carboxylic acids is 1. The fourth-order valence-electron chi connectivity index (χ4n) is 2.41. The van der Waals surface area contributed by atoms with Gasteiger partial charge in [0.2, 0.25) is 0 Å². The summed E-state index contributed by atoms with van der Waals surface area (Å²) >= 11 is 0. The van der Waals surface area contributed by atoms with Crippen LogP contribution in [0.5, 0.6) is 0 Å². The van der Waals surface area contributed by atoms with Crippen molar-refractivity contribution in [3.8, 4) is 0 Å². The van der Waals surface area contributed by atoms with E-state index in [9.17, 15) is 19.5 Å². The van der Waals surface area contributed by atoms with Gasteiger partial charge in [0.15, 0.2) is 0 Å². The number of alkyl carbamates (subject to hydrolysis) is 1. The van der Waals surface area contributed by atoms with Crippen molar-refractivity contribution in [2.75, 3.05) is 33.4 Å². The lowest BCUT2D eigenvalue weighted by Crippen LogP contribution is -2.49. The van der Waals surface area contributed by atoms with E-state index in [0.29, 0.717) is 45.0 Å². The number of carbonyl (C=O) groups excluding carboxylic acids is 2. The molecule has 3 N–H and O–H groups in total. The number of unbranched alkanes of at least 4 members (excludes halogenated alkanes) is 1. The number of hydrogen-bond donors (Lipinski definition) is 3. The van der Waals surface area contributed by atoms with Gasteiger partial charge >= 0.3 is 18.1 Å². The number of nitrogens with zero attached hydrogens (tertiary/aromatic N) is 1. The van der Waals surface area contributed by atoms with Crippen LogP contribution < -0.4 is 10.6 Å². The van der Waals surface area contributed by atoms with E-state index < -0.39 is 29.7 Å². The fraction of sp³-hybridized carbons (Fsp3) is 0.850. The minimum Gasteiger partial charge on any atom is -0.480 e. The largest absolute Gasteiger partial charge is 0.480 e. The van der Waals surface area contributed by atoms with Gasteiger partial charge in [-0.05, 0) is 52.4 Å². The molecule has 0 spiro atoms. The first kappa shape index (κ1) is 27.0. The molecule has 9 heteroatoms. The van der Waals surface area contributed by atoms with Crippen molar-refractivity contribution in [2.45, 2.75) is 71.9 Å². The smallest absolute Gasteiger partial charge is 0.407 e. The standard InChI is InChI=1S/C20H39N3O6/c1-15(2)10-12-23(13-14-28-6)18(26)22-16(17(24)25)9-7-8-11-21-19(27)29-20(3,4)5/h15-16H,7-14H2,1-6H3,(H,21,27)(H,22,26)(H,24,25)/t16-/m0/s1. The Morgan fingerprint density at radius 1 is 1.07 bits per heavy atom. The van der Waals surface area contributed by atoms with Crippen LogP contribution >= 0.6 is 0 Å². The maximum atomic E-state index is 12.5. The lowest BCUT2D eigenvalue weighted by molar-refractivity contribution is -0.139. The molecule has 0 saturated heterocycles. The third kappa shape index (κ3) is 14.6. The molecule has 0 aliphatic rings. The highest BCUT2D eigenvalue weighted by Crippen LogP contribution is 2.08. The number of rotatable bonds is 13. The number of carbonyl (C=O) groups is 3. The van der Waals surface area contributed by atoms with Gasteiger partial charge in [-0.1, -0.05) is 13.8 Å². The third-order valence-electron chi connectivity index (χ3n) is 4.01. The SMILES string of the molecule is COCCN(CCC(C)C)C(=O)N[C@@H](CCCCNC(=O)OC(C)(C)C)C(=O)O. The van der Waals surface area contributed by atoms with Crippen molar-refractivity contribution in [3.05, 3.63) is 0 Å². The highest BCUT2D eigenvalue weighted by Gasteiger charge is 2.23. The number of urea groups is 1. The van der Waals surface area contributed by atoms with Gasteiger partial charge in [-0.15, -0.1) is 0 Å². The predicted octanol–water partition coefficient (Wildman–Crippen LogP) is 2.84. The zero-order valence-electron chi connectivity index (χ0n) is 18.7. The number of ether oxygens (including phenoxy) is 2. The van der Waals surface area contributed by atoms with Crippen LogP contribution in [-0.2, 0) is 14.3 Å². The Bertz CT molecular complexity index is 505. The van der Waals surface area contributed by atoms with Crippen molar-refractivity contribution in [1.82, 2.24) is 15.5 Å². The summed E-state index contributed by atoms with van der Waals surface area (Å²) in [7, 11) is 1.56. The van der Waals surface area contributed by atoms with Crippen LogP contribution in [0.4, 0.5) is 9.59 Å². The highest BCUT2D eigenvalue weighted by atomic mass is 16.6. The topological polar surface area (TPSA) is 117 Å². The van der Waals surface area contributed by atoms with Crippen LogP contribution in [0.1, 0.15) is 60.3 Å². The maximum Gasteiger partial charge on any atom is 0.407 e. The van der Waals surface area contributed by atoms with Crippen LogP contribution in [0.2, 0.25) is 0 Å². The van der Waals surface area contributed by atoms with Crippen molar-refractivity contribution in [3.63, 3.8) is 0 Å². The van der Waals surface area contributed by atoms with Gasteiger partial charge < -0.3 is 30.1 Å². The zero-order chi connectivity index (χ0) is 22.4. The van der Waals surface area contributed by atoms with E-state index in [1.165, 1.54) is 0 Å². The molecular formula is C20H39N3O6. The molecule has 1 atom stereocenters. The molecule has 170 valence electrons. The molecule has 0 rings (SSSR count). The molecule has 0 saturated carbocycles. The molecule has 0 bridgehead atoms. The number of carboxylic acid groups (broad SMARTS) is 1. The van der Waals surface area contributed by atoms with E-state index in [2.05, 4.69) is 24.5 Å². The van der Waals surface area contributed by atoms with Crippen LogP contribution in [-0.4, -0.2) is 73.1 Å². The molecule has 0 aromatic heterocycles. The van der Waals surface area contributed by atoms with Gasteiger partial charge in [0.1, 0.15) is 11.6 Å². The molecule has 0 aromatic rings. The Labute approximate surface area is 174 Å². The zero-order valence-corrected chi connectivity index (χ0v) is 18.7. The number of nitrogens with one attached hydrogen (secondary N) is 2. The summed E-state index contributed by atoms with van der Waals surface area (Å²) in [5.41, 5.74) is -0.562. The van der Waals surface area contributed by atoms with Crippen LogP contribution in [0.3, 0.4) is 0 Å². The van der Waals surface area contributed by atoms with E-state index in [-0.39, 0.29) is 6.42 Å². The van der Waals surface area contributed by atoms with Crippen molar-refractivity contribution < 1.29 is 29.0 Å². The quantitative estimate of drug-likeness (QED) is 0.397. The van der Waals surface area contributed by atoms with E-state index in [4.69, 9.17) is 9.47 Å². The predicted molar refractivity (Wildman–Crippen MR) is 111 cm³/mol.